The molecular weight excluding hydrogens is 474 g/mol. The number of anilines is 2. The molecule has 0 atom stereocenters. The molecule has 0 aliphatic carbocycles. The van der Waals surface area contributed by atoms with Crippen molar-refractivity contribution >= 4 is 45.9 Å². The van der Waals surface area contributed by atoms with Crippen LogP contribution < -0.4 is 15.6 Å². The molecule has 0 amide bonds. The molecule has 34 heavy (non-hydrogen) atoms. The monoisotopic (exact) mass is 493 g/mol. The van der Waals surface area contributed by atoms with E-state index in [1.807, 2.05) is 66.9 Å². The number of aromatic nitrogens is 6. The minimum atomic E-state index is -0.337. The van der Waals surface area contributed by atoms with Gasteiger partial charge in [0.05, 0.1) is 12.9 Å². The lowest BCUT2D eigenvalue weighted by atomic mass is 10.2. The Balaban J connectivity index is 1.49. The van der Waals surface area contributed by atoms with Gasteiger partial charge in [-0.15, -0.1) is 0 Å². The smallest absolute Gasteiger partial charge is 0.300 e. The van der Waals surface area contributed by atoms with E-state index in [0.717, 1.165) is 11.3 Å². The molecule has 0 saturated heterocycles. The van der Waals surface area contributed by atoms with Crippen LogP contribution >= 0.6 is 23.1 Å². The summed E-state index contributed by atoms with van der Waals surface area (Å²) in [5, 5.41) is 4.39. The minimum absolute atomic E-state index is 0.337. The van der Waals surface area contributed by atoms with E-state index in [-0.39, 0.29) is 5.56 Å². The second kappa shape index (κ2) is 9.24. The zero-order valence-electron chi connectivity index (χ0n) is 18.4. The van der Waals surface area contributed by atoms with E-state index in [2.05, 4.69) is 24.6 Å². The molecule has 2 aromatic carbocycles. The lowest BCUT2D eigenvalue weighted by molar-refractivity contribution is 0.478. The highest BCUT2D eigenvalue weighted by Gasteiger charge is 2.16. The molecule has 5 aromatic rings. The van der Waals surface area contributed by atoms with Crippen molar-refractivity contribution in [2.75, 3.05) is 5.32 Å². The van der Waals surface area contributed by atoms with Gasteiger partial charge >= 0.3 is 5.56 Å². The third-order valence-electron chi connectivity index (χ3n) is 5.16. The number of halogens is 1. The summed E-state index contributed by atoms with van der Waals surface area (Å²) in [6, 6.07) is 14.9. The van der Waals surface area contributed by atoms with Gasteiger partial charge in [0, 0.05) is 28.8 Å². The first-order valence-electron chi connectivity index (χ1n) is 10.6. The fourth-order valence-electron chi connectivity index (χ4n) is 3.51. The topological polar surface area (TPSA) is 99.8 Å². The summed E-state index contributed by atoms with van der Waals surface area (Å²) < 4.78 is 13.5. The summed E-state index contributed by atoms with van der Waals surface area (Å²) in [4.78, 5) is 25.9. The summed E-state index contributed by atoms with van der Waals surface area (Å²) in [5.74, 6) is 1.69. The van der Waals surface area contributed by atoms with Gasteiger partial charge in [-0.1, -0.05) is 23.7 Å². The number of nitrogens with one attached hydrogen (secondary N) is 1. The van der Waals surface area contributed by atoms with E-state index in [1.165, 1.54) is 11.5 Å². The maximum atomic E-state index is 12.9. The first-order valence-corrected chi connectivity index (χ1v) is 11.7. The number of aryl methyl sites for hydroxylation is 2. The molecule has 0 unspecified atom stereocenters. The van der Waals surface area contributed by atoms with Gasteiger partial charge < -0.3 is 14.6 Å². The predicted molar refractivity (Wildman–Crippen MR) is 132 cm³/mol. The fourth-order valence-corrected chi connectivity index (χ4v) is 4.19. The van der Waals surface area contributed by atoms with Crippen LogP contribution in [0.1, 0.15) is 18.3 Å². The van der Waals surface area contributed by atoms with Crippen LogP contribution in [0.4, 0.5) is 11.6 Å². The van der Waals surface area contributed by atoms with Gasteiger partial charge in [-0.3, -0.25) is 9.36 Å². The van der Waals surface area contributed by atoms with Gasteiger partial charge in [0.2, 0.25) is 5.95 Å². The largest absolute Gasteiger partial charge is 0.430 e. The quantitative estimate of drug-likeness (QED) is 0.340. The Labute approximate surface area is 203 Å². The van der Waals surface area contributed by atoms with Crippen LogP contribution in [-0.4, -0.2) is 28.5 Å². The molecule has 0 bridgehead atoms. The number of ether oxygens (including phenoxy) is 1. The Morgan fingerprint density at radius 3 is 2.53 bits per heavy atom. The Bertz CT molecular complexity index is 1510. The van der Waals surface area contributed by atoms with Gasteiger partial charge in [0.1, 0.15) is 11.6 Å². The van der Waals surface area contributed by atoms with E-state index < -0.39 is 0 Å². The zero-order valence-corrected chi connectivity index (χ0v) is 20.0. The van der Waals surface area contributed by atoms with Crippen LogP contribution in [0.5, 0.6) is 10.9 Å². The maximum Gasteiger partial charge on any atom is 0.300 e. The highest BCUT2D eigenvalue weighted by atomic mass is 35.5. The molecule has 0 saturated carbocycles. The Morgan fingerprint density at radius 1 is 1.09 bits per heavy atom. The lowest BCUT2D eigenvalue weighted by Gasteiger charge is -2.15. The first kappa shape index (κ1) is 22.1. The summed E-state index contributed by atoms with van der Waals surface area (Å²) in [6.45, 7) is 4.86. The third kappa shape index (κ3) is 4.50. The van der Waals surface area contributed by atoms with Crippen LogP contribution in [0.15, 0.2) is 59.7 Å². The van der Waals surface area contributed by atoms with Crippen molar-refractivity contribution in [3.05, 3.63) is 81.6 Å². The molecule has 5 rings (SSSR count). The summed E-state index contributed by atoms with van der Waals surface area (Å²) >= 11 is 7.25. The molecule has 3 aromatic heterocycles. The van der Waals surface area contributed by atoms with Crippen molar-refractivity contribution < 1.29 is 4.74 Å². The second-order valence-corrected chi connectivity index (χ2v) is 8.67. The highest BCUT2D eigenvalue weighted by Crippen LogP contribution is 2.26. The molecule has 0 spiro atoms. The predicted octanol–water partition coefficient (Wildman–Crippen LogP) is 5.01. The lowest BCUT2D eigenvalue weighted by Crippen LogP contribution is -2.20. The average Bonchev–Trinajstić information content (AvgIpc) is 3.45. The van der Waals surface area contributed by atoms with Gasteiger partial charge in [-0.05, 0) is 55.8 Å². The molecule has 11 heteroatoms. The number of hydrogen-bond acceptors (Lipinski definition) is 8. The van der Waals surface area contributed by atoms with Crippen LogP contribution in [-0.2, 0) is 13.1 Å². The number of fused-ring (bicyclic) bond motifs is 1. The average molecular weight is 494 g/mol. The minimum Gasteiger partial charge on any atom is -0.430 e. The van der Waals surface area contributed by atoms with Gasteiger partial charge in [-0.25, -0.2) is 4.98 Å². The van der Waals surface area contributed by atoms with E-state index in [4.69, 9.17) is 16.3 Å². The number of hydrogen-bond donors (Lipinski definition) is 1. The zero-order chi connectivity index (χ0) is 23.7. The number of imidazole rings is 1. The van der Waals surface area contributed by atoms with E-state index in [1.54, 1.807) is 10.9 Å². The van der Waals surface area contributed by atoms with Crippen molar-refractivity contribution in [1.29, 1.82) is 0 Å². The number of rotatable bonds is 7. The van der Waals surface area contributed by atoms with Crippen molar-refractivity contribution in [1.82, 2.24) is 28.5 Å². The van der Waals surface area contributed by atoms with Crippen LogP contribution in [0.25, 0.3) is 11.2 Å². The van der Waals surface area contributed by atoms with Crippen LogP contribution in [0, 0.1) is 6.92 Å². The SMILES string of the molecule is CCn1cnc2c1c(=O)nc(Nc1ccc(Oc3nc(C)ns3)cc1)n2Cc1ccc(Cl)cc1. The molecule has 0 aliphatic heterocycles. The van der Waals surface area contributed by atoms with Gasteiger partial charge in [0.15, 0.2) is 11.2 Å². The summed E-state index contributed by atoms with van der Waals surface area (Å²) in [7, 11) is 0. The standard InChI is InChI=1S/C23H20ClN7O2S/c1-3-30-13-25-20-19(30)21(32)28-22(31(20)12-15-4-6-16(24)7-5-15)27-17-8-10-18(11-9-17)33-23-26-14(2)29-34-23/h4-11,13H,3,12H2,1-2H3,(H,27,28,32). The summed E-state index contributed by atoms with van der Waals surface area (Å²) in [6.07, 6.45) is 1.66. The molecule has 0 aliphatic rings. The van der Waals surface area contributed by atoms with E-state index >= 15 is 0 Å². The molecular formula is C23H20ClN7O2S. The van der Waals surface area contributed by atoms with Crippen molar-refractivity contribution in [2.24, 2.45) is 0 Å². The Morgan fingerprint density at radius 2 is 1.85 bits per heavy atom. The first-order chi connectivity index (χ1) is 16.5. The van der Waals surface area contributed by atoms with Crippen molar-refractivity contribution in [2.45, 2.75) is 26.9 Å². The van der Waals surface area contributed by atoms with Gasteiger partial charge in [0.25, 0.3) is 5.19 Å². The molecule has 3 heterocycles. The number of benzene rings is 2. The van der Waals surface area contributed by atoms with E-state index in [0.29, 0.717) is 52.0 Å². The van der Waals surface area contributed by atoms with Crippen molar-refractivity contribution in [3.8, 4) is 10.9 Å². The Kier molecular flexibility index (Phi) is 5.99. The van der Waals surface area contributed by atoms with Crippen LogP contribution in [0.3, 0.4) is 0 Å². The summed E-state index contributed by atoms with van der Waals surface area (Å²) in [5.41, 5.74) is 2.44. The Hall–Kier alpha value is -3.76. The highest BCUT2D eigenvalue weighted by molar-refractivity contribution is 7.07. The van der Waals surface area contributed by atoms with Crippen molar-refractivity contribution in [3.63, 3.8) is 0 Å². The third-order valence-corrected chi connectivity index (χ3v) is 6.10. The molecule has 1 N–H and O–H groups in total. The maximum absolute atomic E-state index is 12.9. The molecule has 0 fully saturated rings. The fraction of sp³-hybridized carbons (Fsp3) is 0.174. The van der Waals surface area contributed by atoms with E-state index in [9.17, 15) is 4.79 Å². The van der Waals surface area contributed by atoms with Gasteiger partial charge in [-0.2, -0.15) is 14.3 Å². The molecule has 0 radical (unpaired) electrons. The van der Waals surface area contributed by atoms with Crippen LogP contribution in [0.2, 0.25) is 5.02 Å². The molecule has 9 nitrogen and oxygen atoms in total. The second-order valence-electron chi connectivity index (χ2n) is 7.51. The normalized spacial score (nSPS) is 11.1. The molecule has 172 valence electrons. The number of nitrogens with zero attached hydrogens (tertiary/aromatic N) is 6.